The third kappa shape index (κ3) is 31.1. The summed E-state index contributed by atoms with van der Waals surface area (Å²) in [4.78, 5) is 11.5. The van der Waals surface area contributed by atoms with Gasteiger partial charge in [0.1, 0.15) is 6.61 Å². The van der Waals surface area contributed by atoms with E-state index in [4.69, 9.17) is 47.7 Å². The zero-order valence-electron chi connectivity index (χ0n) is 22.3. The molecule has 0 aromatic rings. The van der Waals surface area contributed by atoms with Crippen LogP contribution in [0.1, 0.15) is 39.0 Å². The highest BCUT2D eigenvalue weighted by atomic mass is 16.6. The van der Waals surface area contributed by atoms with Gasteiger partial charge in [-0.05, 0) is 6.42 Å². The fraction of sp³-hybridized carbons (Fsp3) is 0.960. The van der Waals surface area contributed by atoms with Crippen LogP contribution in [-0.2, 0) is 47.4 Å². The maximum Gasteiger partial charge on any atom is 0.305 e. The fourth-order valence-corrected chi connectivity index (χ4v) is 2.69. The van der Waals surface area contributed by atoms with E-state index in [0.29, 0.717) is 112 Å². The van der Waals surface area contributed by atoms with Crippen LogP contribution in [0, 0.1) is 0 Å². The molecule has 0 saturated carbocycles. The SMILES string of the molecule is CCCCCCC(=O)OCCOCCOCCOCCOCCOCCOCCOCCOCCO. The van der Waals surface area contributed by atoms with E-state index in [0.717, 1.165) is 25.7 Å². The molecule has 0 spiro atoms. The maximum absolute atomic E-state index is 11.5. The Bertz CT molecular complexity index is 427. The van der Waals surface area contributed by atoms with E-state index >= 15 is 0 Å². The second-order valence-electron chi connectivity index (χ2n) is 7.65. The Hall–Kier alpha value is -0.890. The molecule has 0 atom stereocenters. The van der Waals surface area contributed by atoms with Crippen LogP contribution < -0.4 is 0 Å². The van der Waals surface area contributed by atoms with Crippen molar-refractivity contribution in [2.75, 3.05) is 119 Å². The third-order valence-electron chi connectivity index (χ3n) is 4.56. The highest BCUT2D eigenvalue weighted by molar-refractivity contribution is 5.69. The van der Waals surface area contributed by atoms with Gasteiger partial charge in [-0.1, -0.05) is 26.2 Å². The lowest BCUT2D eigenvalue weighted by Crippen LogP contribution is -2.15. The number of hydrogen-bond donors (Lipinski definition) is 1. The zero-order chi connectivity index (χ0) is 26.2. The van der Waals surface area contributed by atoms with Crippen LogP contribution >= 0.6 is 0 Å². The molecule has 0 unspecified atom stereocenters. The highest BCUT2D eigenvalue weighted by Crippen LogP contribution is 2.03. The molecular formula is C25H50O11. The van der Waals surface area contributed by atoms with Gasteiger partial charge in [-0.2, -0.15) is 0 Å². The molecule has 0 fully saturated rings. The van der Waals surface area contributed by atoms with Crippen molar-refractivity contribution in [2.24, 2.45) is 0 Å². The number of carbonyl (C=O) groups excluding carboxylic acids is 1. The summed E-state index contributed by atoms with van der Waals surface area (Å²) >= 11 is 0. The van der Waals surface area contributed by atoms with Gasteiger partial charge in [0.25, 0.3) is 0 Å². The Morgan fingerprint density at radius 1 is 0.472 bits per heavy atom. The molecule has 0 aromatic carbocycles. The molecule has 216 valence electrons. The van der Waals surface area contributed by atoms with Crippen LogP contribution in [0.3, 0.4) is 0 Å². The smallest absolute Gasteiger partial charge is 0.305 e. The molecule has 1 N–H and O–H groups in total. The number of carbonyl (C=O) groups is 1. The number of ether oxygens (including phenoxy) is 9. The highest BCUT2D eigenvalue weighted by Gasteiger charge is 2.02. The molecule has 0 saturated heterocycles. The lowest BCUT2D eigenvalue weighted by Gasteiger charge is -2.09. The molecule has 0 aromatic heterocycles. The van der Waals surface area contributed by atoms with E-state index in [1.165, 1.54) is 0 Å². The first-order valence-electron chi connectivity index (χ1n) is 13.2. The number of aliphatic hydroxyl groups excluding tert-OH is 1. The van der Waals surface area contributed by atoms with E-state index in [-0.39, 0.29) is 19.2 Å². The number of hydrogen-bond acceptors (Lipinski definition) is 11. The average Bonchev–Trinajstić information content (AvgIpc) is 2.88. The summed E-state index contributed by atoms with van der Waals surface area (Å²) in [5.74, 6) is -0.152. The lowest BCUT2D eigenvalue weighted by atomic mass is 10.2. The number of aliphatic hydroxyl groups is 1. The molecule has 11 nitrogen and oxygen atoms in total. The van der Waals surface area contributed by atoms with Crippen molar-refractivity contribution in [2.45, 2.75) is 39.0 Å². The molecule has 0 heterocycles. The minimum atomic E-state index is -0.152. The summed E-state index contributed by atoms with van der Waals surface area (Å²) in [5.41, 5.74) is 0. The Morgan fingerprint density at radius 2 is 0.806 bits per heavy atom. The largest absolute Gasteiger partial charge is 0.463 e. The van der Waals surface area contributed by atoms with Crippen LogP contribution in [0.15, 0.2) is 0 Å². The van der Waals surface area contributed by atoms with E-state index in [1.54, 1.807) is 0 Å². The fourth-order valence-electron chi connectivity index (χ4n) is 2.69. The summed E-state index contributed by atoms with van der Waals surface area (Å²) in [5, 5.41) is 8.55. The summed E-state index contributed by atoms with van der Waals surface area (Å²) in [6.07, 6.45) is 4.77. The molecule has 0 bridgehead atoms. The second kappa shape index (κ2) is 32.1. The van der Waals surface area contributed by atoms with Gasteiger partial charge in [-0.15, -0.1) is 0 Å². The lowest BCUT2D eigenvalue weighted by molar-refractivity contribution is -0.145. The molecule has 36 heavy (non-hydrogen) atoms. The van der Waals surface area contributed by atoms with Crippen molar-refractivity contribution >= 4 is 5.97 Å². The monoisotopic (exact) mass is 526 g/mol. The average molecular weight is 527 g/mol. The van der Waals surface area contributed by atoms with Crippen LogP contribution in [0.2, 0.25) is 0 Å². The molecule has 0 aliphatic carbocycles. The predicted molar refractivity (Wildman–Crippen MR) is 133 cm³/mol. The Kier molecular flexibility index (Phi) is 31.3. The molecule has 11 heteroatoms. The van der Waals surface area contributed by atoms with Crippen molar-refractivity contribution in [1.29, 1.82) is 0 Å². The van der Waals surface area contributed by atoms with Crippen LogP contribution in [-0.4, -0.2) is 130 Å². The van der Waals surface area contributed by atoms with E-state index < -0.39 is 0 Å². The minimum absolute atomic E-state index is 0.0256. The summed E-state index contributed by atoms with van der Waals surface area (Å²) in [7, 11) is 0. The van der Waals surface area contributed by atoms with Crippen molar-refractivity contribution in [3.05, 3.63) is 0 Å². The van der Waals surface area contributed by atoms with Crippen LogP contribution in [0.5, 0.6) is 0 Å². The summed E-state index contributed by atoms with van der Waals surface area (Å²) in [6.45, 7) is 10.1. The first-order chi connectivity index (χ1) is 17.8. The quantitative estimate of drug-likeness (QED) is 0.105. The zero-order valence-corrected chi connectivity index (χ0v) is 22.3. The van der Waals surface area contributed by atoms with Crippen LogP contribution in [0.4, 0.5) is 0 Å². The van der Waals surface area contributed by atoms with Gasteiger partial charge in [0.15, 0.2) is 0 Å². The van der Waals surface area contributed by atoms with Gasteiger partial charge in [-0.3, -0.25) is 4.79 Å². The first-order valence-corrected chi connectivity index (χ1v) is 13.2. The van der Waals surface area contributed by atoms with Gasteiger partial charge in [-0.25, -0.2) is 0 Å². The van der Waals surface area contributed by atoms with Crippen molar-refractivity contribution in [3.63, 3.8) is 0 Å². The molecule has 0 radical (unpaired) electrons. The van der Waals surface area contributed by atoms with Crippen molar-refractivity contribution in [3.8, 4) is 0 Å². The Labute approximate surface area is 216 Å². The van der Waals surface area contributed by atoms with Gasteiger partial charge >= 0.3 is 5.97 Å². The Balaban J connectivity index is 3.07. The van der Waals surface area contributed by atoms with Gasteiger partial charge in [0, 0.05) is 6.42 Å². The standard InChI is InChI=1S/C25H50O11/c1-2-3-4-5-6-25(27)36-24-23-35-22-21-34-20-19-33-18-17-32-16-15-31-14-13-30-12-11-29-10-9-28-8-7-26/h26H,2-24H2,1H3. The number of rotatable bonds is 31. The first kappa shape index (κ1) is 35.1. The normalized spacial score (nSPS) is 11.3. The molecule has 0 rings (SSSR count). The number of unbranched alkanes of at least 4 members (excludes halogenated alkanes) is 3. The topological polar surface area (TPSA) is 120 Å². The van der Waals surface area contributed by atoms with E-state index in [2.05, 4.69) is 6.92 Å². The minimum Gasteiger partial charge on any atom is -0.463 e. The van der Waals surface area contributed by atoms with Gasteiger partial charge < -0.3 is 47.7 Å². The molecular weight excluding hydrogens is 476 g/mol. The molecule has 0 aliphatic rings. The van der Waals surface area contributed by atoms with Gasteiger partial charge in [0.05, 0.1) is 112 Å². The second-order valence-corrected chi connectivity index (χ2v) is 7.65. The Morgan fingerprint density at radius 3 is 1.14 bits per heavy atom. The van der Waals surface area contributed by atoms with E-state index in [9.17, 15) is 4.79 Å². The van der Waals surface area contributed by atoms with Gasteiger partial charge in [0.2, 0.25) is 0 Å². The molecule has 0 aliphatic heterocycles. The summed E-state index contributed by atoms with van der Waals surface area (Å²) in [6, 6.07) is 0. The molecule has 0 amide bonds. The van der Waals surface area contributed by atoms with Crippen molar-refractivity contribution < 1.29 is 52.5 Å². The van der Waals surface area contributed by atoms with Crippen LogP contribution in [0.25, 0.3) is 0 Å². The third-order valence-corrected chi connectivity index (χ3v) is 4.56. The predicted octanol–water partition coefficient (Wildman–Crippen LogP) is 1.63. The number of esters is 1. The van der Waals surface area contributed by atoms with Crippen molar-refractivity contribution in [1.82, 2.24) is 0 Å². The van der Waals surface area contributed by atoms with E-state index in [1.807, 2.05) is 0 Å². The maximum atomic E-state index is 11.5. The summed E-state index contributed by atoms with van der Waals surface area (Å²) < 4.78 is 47.9.